The van der Waals surface area contributed by atoms with Crippen LogP contribution < -0.4 is 10.6 Å². The van der Waals surface area contributed by atoms with Gasteiger partial charge in [0, 0.05) is 12.8 Å². The molecular weight excluding hydrogens is 280 g/mol. The van der Waals surface area contributed by atoms with Crippen molar-refractivity contribution < 1.29 is 1.43 Å². The number of hydrogen-bond donors (Lipinski definition) is 2. The molecule has 2 aliphatic rings. The molecule has 2 unspecified atom stereocenters. The second kappa shape index (κ2) is 9.77. The fraction of sp³-hybridized carbons (Fsp3) is 0.619. The molecule has 0 saturated carbocycles. The summed E-state index contributed by atoms with van der Waals surface area (Å²) in [6, 6.07) is 0. The fourth-order valence-electron chi connectivity index (χ4n) is 3.54. The van der Waals surface area contributed by atoms with E-state index < -0.39 is 0 Å². The highest BCUT2D eigenvalue weighted by molar-refractivity contribution is 5.28. The molecule has 2 rings (SSSR count). The van der Waals surface area contributed by atoms with Crippen molar-refractivity contribution in [2.75, 3.05) is 13.1 Å². The summed E-state index contributed by atoms with van der Waals surface area (Å²) in [4.78, 5) is 0. The summed E-state index contributed by atoms with van der Waals surface area (Å²) in [6.07, 6.45) is 17.2. The van der Waals surface area contributed by atoms with Gasteiger partial charge in [-0.3, -0.25) is 0 Å². The maximum atomic E-state index is 4.16. The van der Waals surface area contributed by atoms with Crippen LogP contribution in [0.25, 0.3) is 0 Å². The lowest BCUT2D eigenvalue weighted by atomic mass is 9.89. The minimum atomic E-state index is 0. The van der Waals surface area contributed by atoms with Gasteiger partial charge in [-0.25, -0.2) is 0 Å². The van der Waals surface area contributed by atoms with Crippen LogP contribution in [0.2, 0.25) is 0 Å². The van der Waals surface area contributed by atoms with Gasteiger partial charge in [0.15, 0.2) is 0 Å². The largest absolute Gasteiger partial charge is 0.359 e. The number of allylic oxidation sites excluding steroid dienone is 5. The van der Waals surface area contributed by atoms with E-state index in [1.807, 2.05) is 0 Å². The molecule has 2 heterocycles. The number of nitrogens with one attached hydrogen (secondary N) is 2. The maximum absolute atomic E-state index is 4.16. The fourth-order valence-corrected chi connectivity index (χ4v) is 3.54. The lowest BCUT2D eigenvalue weighted by molar-refractivity contribution is 0.390. The molecule has 2 atom stereocenters. The molecular formula is C21H36N2. The number of hydrogen-bond acceptors (Lipinski definition) is 2. The molecule has 130 valence electrons. The summed E-state index contributed by atoms with van der Waals surface area (Å²) in [7, 11) is 0. The van der Waals surface area contributed by atoms with Gasteiger partial charge < -0.3 is 10.6 Å². The normalized spacial score (nSPS) is 33.7. The van der Waals surface area contributed by atoms with E-state index in [4.69, 9.17) is 0 Å². The molecule has 2 heteroatoms. The Morgan fingerprint density at radius 2 is 2.17 bits per heavy atom. The quantitative estimate of drug-likeness (QED) is 0.684. The average molecular weight is 317 g/mol. The maximum Gasteiger partial charge on any atom is 0.0308 e. The lowest BCUT2D eigenvalue weighted by Gasteiger charge is -2.24. The molecule has 0 aromatic carbocycles. The van der Waals surface area contributed by atoms with Crippen molar-refractivity contribution in [3.05, 3.63) is 47.9 Å². The Morgan fingerprint density at radius 3 is 3.00 bits per heavy atom. The first-order valence-electron chi connectivity index (χ1n) is 9.39. The first kappa shape index (κ1) is 18.1. The third-order valence-electron chi connectivity index (χ3n) is 5.12. The zero-order valence-corrected chi connectivity index (χ0v) is 15.0. The van der Waals surface area contributed by atoms with Gasteiger partial charge in [-0.05, 0) is 62.3 Å². The third-order valence-corrected chi connectivity index (χ3v) is 5.12. The van der Waals surface area contributed by atoms with E-state index in [1.54, 1.807) is 5.57 Å². The van der Waals surface area contributed by atoms with E-state index in [0.717, 1.165) is 43.5 Å². The molecule has 23 heavy (non-hydrogen) atoms. The van der Waals surface area contributed by atoms with Gasteiger partial charge in [0.25, 0.3) is 0 Å². The summed E-state index contributed by atoms with van der Waals surface area (Å²) in [5, 5.41) is 7.27. The monoisotopic (exact) mass is 316 g/mol. The molecule has 0 amide bonds. The molecule has 0 fully saturated rings. The summed E-state index contributed by atoms with van der Waals surface area (Å²) < 4.78 is 0. The van der Waals surface area contributed by atoms with Gasteiger partial charge in [-0.15, -0.1) is 0 Å². The topological polar surface area (TPSA) is 24.1 Å². The van der Waals surface area contributed by atoms with E-state index in [2.05, 4.69) is 55.4 Å². The van der Waals surface area contributed by atoms with Crippen molar-refractivity contribution >= 4 is 0 Å². The molecule has 0 spiro atoms. The summed E-state index contributed by atoms with van der Waals surface area (Å²) >= 11 is 0. The Bertz CT molecular complexity index is 476. The van der Waals surface area contributed by atoms with E-state index in [9.17, 15) is 0 Å². The summed E-state index contributed by atoms with van der Waals surface area (Å²) in [5.74, 6) is 1.58. The highest BCUT2D eigenvalue weighted by Crippen LogP contribution is 2.27. The molecule has 0 saturated heterocycles. The Balaban J connectivity index is 0.00000288. The molecule has 0 radical (unpaired) electrons. The van der Waals surface area contributed by atoms with E-state index in [1.165, 1.54) is 37.8 Å². The van der Waals surface area contributed by atoms with Crippen LogP contribution in [0.1, 0.15) is 60.2 Å². The van der Waals surface area contributed by atoms with Gasteiger partial charge >= 0.3 is 0 Å². The van der Waals surface area contributed by atoms with Gasteiger partial charge in [-0.2, -0.15) is 0 Å². The first-order valence-corrected chi connectivity index (χ1v) is 9.39. The Morgan fingerprint density at radius 1 is 1.30 bits per heavy atom. The van der Waals surface area contributed by atoms with Crippen molar-refractivity contribution in [3.8, 4) is 0 Å². The second-order valence-corrected chi connectivity index (χ2v) is 7.19. The first-order chi connectivity index (χ1) is 11.2. The number of rotatable bonds is 1. The zero-order valence-electron chi connectivity index (χ0n) is 15.0. The van der Waals surface area contributed by atoms with Crippen LogP contribution in [0.15, 0.2) is 47.9 Å². The van der Waals surface area contributed by atoms with Crippen molar-refractivity contribution in [1.82, 2.24) is 10.6 Å². The predicted octanol–water partition coefficient (Wildman–Crippen LogP) is 5.32. The predicted molar refractivity (Wildman–Crippen MR) is 103 cm³/mol. The average Bonchev–Trinajstić information content (AvgIpc) is 2.60. The Labute approximate surface area is 144 Å². The minimum Gasteiger partial charge on any atom is -0.359 e. The van der Waals surface area contributed by atoms with Crippen LogP contribution in [0.4, 0.5) is 0 Å². The SMILES string of the molecule is C=C1/C=C\C=C/C/C2=C(/CC(CC)CCCC(C)CNCC2)N1.[HH]. The van der Waals surface area contributed by atoms with E-state index in [0.29, 0.717) is 0 Å². The second-order valence-electron chi connectivity index (χ2n) is 7.19. The van der Waals surface area contributed by atoms with Crippen LogP contribution in [-0.2, 0) is 0 Å². The molecule has 2 nitrogen and oxygen atoms in total. The molecule has 2 aliphatic heterocycles. The van der Waals surface area contributed by atoms with Crippen LogP contribution in [0.3, 0.4) is 0 Å². The smallest absolute Gasteiger partial charge is 0.0308 e. The van der Waals surface area contributed by atoms with Gasteiger partial charge in [0.1, 0.15) is 0 Å². The zero-order chi connectivity index (χ0) is 16.5. The van der Waals surface area contributed by atoms with E-state index in [-0.39, 0.29) is 1.43 Å². The van der Waals surface area contributed by atoms with Crippen molar-refractivity contribution in [3.63, 3.8) is 0 Å². The van der Waals surface area contributed by atoms with Crippen LogP contribution in [-0.4, -0.2) is 13.1 Å². The molecule has 0 bridgehead atoms. The van der Waals surface area contributed by atoms with Gasteiger partial charge in [0.05, 0.1) is 0 Å². The van der Waals surface area contributed by atoms with Crippen LogP contribution >= 0.6 is 0 Å². The van der Waals surface area contributed by atoms with Gasteiger partial charge in [0.2, 0.25) is 0 Å². The molecule has 0 aliphatic carbocycles. The lowest BCUT2D eigenvalue weighted by Crippen LogP contribution is -2.25. The minimum absolute atomic E-state index is 0. The summed E-state index contributed by atoms with van der Waals surface area (Å²) in [6.45, 7) is 11.1. The van der Waals surface area contributed by atoms with Crippen molar-refractivity contribution in [2.24, 2.45) is 11.8 Å². The molecule has 2 N–H and O–H groups in total. The standard InChI is InChI=1S/C21H34N2.H2/c1-4-19-11-8-9-17(2)16-22-14-13-20-12-7-5-6-10-18(3)23-21(20)15-19;/h5-7,10,17,19,22-23H,3-4,8-9,11-16H2,1-2H3;1H/b7-5-,10-6-,21-20+;. The van der Waals surface area contributed by atoms with Crippen molar-refractivity contribution in [1.29, 1.82) is 0 Å². The molecule has 0 aromatic heterocycles. The Kier molecular flexibility index (Phi) is 7.67. The third kappa shape index (κ3) is 6.39. The van der Waals surface area contributed by atoms with E-state index >= 15 is 0 Å². The highest BCUT2D eigenvalue weighted by Gasteiger charge is 2.15. The Hall–Kier alpha value is -1.28. The summed E-state index contributed by atoms with van der Waals surface area (Å²) in [5.41, 5.74) is 3.98. The highest BCUT2D eigenvalue weighted by atomic mass is 14.9. The van der Waals surface area contributed by atoms with Crippen LogP contribution in [0, 0.1) is 11.8 Å². The van der Waals surface area contributed by atoms with Gasteiger partial charge in [-0.1, -0.05) is 57.9 Å². The van der Waals surface area contributed by atoms with Crippen molar-refractivity contribution in [2.45, 2.75) is 58.8 Å². The van der Waals surface area contributed by atoms with Crippen LogP contribution in [0.5, 0.6) is 0 Å². The molecule has 0 aromatic rings.